The van der Waals surface area contributed by atoms with Gasteiger partial charge in [-0.15, -0.1) is 0 Å². The molecule has 5 heteroatoms. The van der Waals surface area contributed by atoms with Crippen molar-refractivity contribution in [1.29, 1.82) is 0 Å². The van der Waals surface area contributed by atoms with E-state index in [9.17, 15) is 4.79 Å². The summed E-state index contributed by atoms with van der Waals surface area (Å²) in [6.45, 7) is 0.354. The fourth-order valence-corrected chi connectivity index (χ4v) is 1.69. The number of benzene rings is 1. The lowest BCUT2D eigenvalue weighted by molar-refractivity contribution is -0.141. The van der Waals surface area contributed by atoms with E-state index in [0.29, 0.717) is 16.6 Å². The van der Waals surface area contributed by atoms with Gasteiger partial charge in [0.15, 0.2) is 0 Å². The lowest BCUT2D eigenvalue weighted by Crippen LogP contribution is -2.17. The van der Waals surface area contributed by atoms with E-state index in [1.54, 1.807) is 12.1 Å². The molecular formula is C11H13Cl2NO2. The maximum atomic E-state index is 11.2. The van der Waals surface area contributed by atoms with Crippen LogP contribution in [0.3, 0.4) is 0 Å². The van der Waals surface area contributed by atoms with Gasteiger partial charge < -0.3 is 10.5 Å². The van der Waals surface area contributed by atoms with Crippen molar-refractivity contribution in [1.82, 2.24) is 0 Å². The van der Waals surface area contributed by atoms with Crippen LogP contribution in [0.1, 0.15) is 17.9 Å². The molecule has 0 bridgehead atoms. The van der Waals surface area contributed by atoms with Gasteiger partial charge in [0, 0.05) is 5.92 Å². The Kier molecular flexibility index (Phi) is 5.06. The summed E-state index contributed by atoms with van der Waals surface area (Å²) in [4.78, 5) is 11.2. The quantitative estimate of drug-likeness (QED) is 0.848. The molecule has 0 aliphatic carbocycles. The number of esters is 1. The van der Waals surface area contributed by atoms with Gasteiger partial charge in [0.25, 0.3) is 0 Å². The van der Waals surface area contributed by atoms with Crippen molar-refractivity contribution in [3.63, 3.8) is 0 Å². The summed E-state index contributed by atoms with van der Waals surface area (Å²) in [5.74, 6) is -0.385. The first-order chi connectivity index (χ1) is 7.58. The van der Waals surface area contributed by atoms with Crippen LogP contribution in [-0.4, -0.2) is 19.6 Å². The molecule has 1 aromatic rings. The van der Waals surface area contributed by atoms with Crippen molar-refractivity contribution >= 4 is 29.2 Å². The molecule has 0 fully saturated rings. The number of halogens is 2. The first-order valence-corrected chi connectivity index (χ1v) is 5.56. The summed E-state index contributed by atoms with van der Waals surface area (Å²) in [5, 5.41) is 0.946. The molecule has 3 nitrogen and oxygen atoms in total. The number of hydrogen-bond donors (Lipinski definition) is 1. The first kappa shape index (κ1) is 13.3. The third kappa shape index (κ3) is 3.37. The molecule has 1 aromatic carbocycles. The van der Waals surface area contributed by atoms with E-state index in [0.717, 1.165) is 5.56 Å². The van der Waals surface area contributed by atoms with Crippen molar-refractivity contribution in [2.75, 3.05) is 13.7 Å². The summed E-state index contributed by atoms with van der Waals surface area (Å²) >= 11 is 11.7. The van der Waals surface area contributed by atoms with Crippen LogP contribution in [0.4, 0.5) is 0 Å². The van der Waals surface area contributed by atoms with Crippen LogP contribution < -0.4 is 5.73 Å². The van der Waals surface area contributed by atoms with Crippen LogP contribution >= 0.6 is 23.2 Å². The fraction of sp³-hybridized carbons (Fsp3) is 0.364. The number of carbonyl (C=O) groups excluding carboxylic acids is 1. The molecule has 0 spiro atoms. The van der Waals surface area contributed by atoms with E-state index in [-0.39, 0.29) is 18.3 Å². The zero-order valence-corrected chi connectivity index (χ0v) is 10.4. The summed E-state index contributed by atoms with van der Waals surface area (Å²) in [6.07, 6.45) is 0.241. The average Bonchev–Trinajstić information content (AvgIpc) is 2.29. The number of nitrogens with two attached hydrogens (primary N) is 1. The summed E-state index contributed by atoms with van der Waals surface area (Å²) < 4.78 is 4.60. The van der Waals surface area contributed by atoms with Crippen LogP contribution in [0.15, 0.2) is 18.2 Å². The molecule has 88 valence electrons. The Hall–Kier alpha value is -0.770. The lowest BCUT2D eigenvalue weighted by atomic mass is 9.96. The van der Waals surface area contributed by atoms with Gasteiger partial charge in [-0.25, -0.2) is 0 Å². The average molecular weight is 262 g/mol. The smallest absolute Gasteiger partial charge is 0.306 e. The van der Waals surface area contributed by atoms with Crippen LogP contribution in [-0.2, 0) is 9.53 Å². The van der Waals surface area contributed by atoms with Gasteiger partial charge >= 0.3 is 5.97 Å². The van der Waals surface area contributed by atoms with Crippen molar-refractivity contribution in [2.24, 2.45) is 5.73 Å². The molecule has 0 aliphatic heterocycles. The van der Waals surface area contributed by atoms with Gasteiger partial charge in [-0.1, -0.05) is 29.3 Å². The molecule has 0 unspecified atom stereocenters. The van der Waals surface area contributed by atoms with Crippen molar-refractivity contribution < 1.29 is 9.53 Å². The Morgan fingerprint density at radius 2 is 2.12 bits per heavy atom. The topological polar surface area (TPSA) is 52.3 Å². The highest BCUT2D eigenvalue weighted by Gasteiger charge is 2.15. The molecule has 1 atom stereocenters. The van der Waals surface area contributed by atoms with Crippen molar-refractivity contribution in [2.45, 2.75) is 12.3 Å². The van der Waals surface area contributed by atoms with Crippen LogP contribution in [0, 0.1) is 0 Å². The fourth-order valence-electron chi connectivity index (χ4n) is 1.39. The van der Waals surface area contributed by atoms with E-state index in [1.807, 2.05) is 6.07 Å². The molecule has 0 saturated carbocycles. The van der Waals surface area contributed by atoms with Gasteiger partial charge in [0.2, 0.25) is 0 Å². The Balaban J connectivity index is 2.86. The molecule has 16 heavy (non-hydrogen) atoms. The minimum atomic E-state index is -0.290. The third-order valence-corrected chi connectivity index (χ3v) is 3.08. The standard InChI is InChI=1S/C11H13Cl2NO2/c1-16-11(15)5-8(6-14)7-2-3-9(12)10(13)4-7/h2-4,8H,5-6,14H2,1H3/t8-/m0/s1. The second-order valence-corrected chi connectivity index (χ2v) is 4.20. The van der Waals surface area contributed by atoms with Crippen LogP contribution in [0.2, 0.25) is 10.0 Å². The minimum Gasteiger partial charge on any atom is -0.469 e. The monoisotopic (exact) mass is 261 g/mol. The Labute approximate surface area is 104 Å². The third-order valence-electron chi connectivity index (χ3n) is 2.34. The highest BCUT2D eigenvalue weighted by molar-refractivity contribution is 6.42. The number of methoxy groups -OCH3 is 1. The highest BCUT2D eigenvalue weighted by atomic mass is 35.5. The van der Waals surface area contributed by atoms with Crippen LogP contribution in [0.5, 0.6) is 0 Å². The molecule has 0 radical (unpaired) electrons. The normalized spacial score (nSPS) is 12.2. The van der Waals surface area contributed by atoms with Crippen LogP contribution in [0.25, 0.3) is 0 Å². The number of carbonyl (C=O) groups is 1. The minimum absolute atomic E-state index is 0.0952. The van der Waals surface area contributed by atoms with E-state index >= 15 is 0 Å². The number of rotatable bonds is 4. The summed E-state index contributed by atoms with van der Waals surface area (Å²) in [5.41, 5.74) is 6.50. The highest BCUT2D eigenvalue weighted by Crippen LogP contribution is 2.27. The van der Waals surface area contributed by atoms with E-state index in [1.165, 1.54) is 7.11 Å². The molecule has 0 aliphatic rings. The molecule has 2 N–H and O–H groups in total. The Morgan fingerprint density at radius 3 is 2.62 bits per heavy atom. The van der Waals surface area contributed by atoms with E-state index in [2.05, 4.69) is 4.74 Å². The molecular weight excluding hydrogens is 249 g/mol. The van der Waals surface area contributed by atoms with Gasteiger partial charge in [-0.3, -0.25) is 4.79 Å². The van der Waals surface area contributed by atoms with Crippen molar-refractivity contribution in [3.05, 3.63) is 33.8 Å². The maximum absolute atomic E-state index is 11.2. The van der Waals surface area contributed by atoms with Gasteiger partial charge in [-0.05, 0) is 24.2 Å². The Morgan fingerprint density at radius 1 is 1.44 bits per heavy atom. The van der Waals surface area contributed by atoms with Gasteiger partial charge in [0.05, 0.1) is 23.6 Å². The predicted octanol–water partition coefficient (Wildman–Crippen LogP) is 2.60. The predicted molar refractivity (Wildman–Crippen MR) is 64.9 cm³/mol. The molecule has 0 aromatic heterocycles. The zero-order chi connectivity index (χ0) is 12.1. The summed E-state index contributed by atoms with van der Waals surface area (Å²) in [7, 11) is 1.35. The summed E-state index contributed by atoms with van der Waals surface area (Å²) in [6, 6.07) is 5.23. The zero-order valence-electron chi connectivity index (χ0n) is 8.87. The van der Waals surface area contributed by atoms with E-state index in [4.69, 9.17) is 28.9 Å². The van der Waals surface area contributed by atoms with Crippen molar-refractivity contribution in [3.8, 4) is 0 Å². The maximum Gasteiger partial charge on any atom is 0.306 e. The second-order valence-electron chi connectivity index (χ2n) is 3.39. The van der Waals surface area contributed by atoms with Gasteiger partial charge in [-0.2, -0.15) is 0 Å². The largest absolute Gasteiger partial charge is 0.469 e. The number of hydrogen-bond acceptors (Lipinski definition) is 3. The lowest BCUT2D eigenvalue weighted by Gasteiger charge is -2.14. The van der Waals surface area contributed by atoms with E-state index < -0.39 is 0 Å². The molecule has 0 amide bonds. The first-order valence-electron chi connectivity index (χ1n) is 4.80. The number of ether oxygens (including phenoxy) is 1. The second kappa shape index (κ2) is 6.09. The SMILES string of the molecule is COC(=O)C[C@@H](CN)c1ccc(Cl)c(Cl)c1. The molecule has 1 rings (SSSR count). The van der Waals surface area contributed by atoms with Gasteiger partial charge in [0.1, 0.15) is 0 Å². The molecule has 0 heterocycles. The molecule has 0 saturated heterocycles. The Bertz CT molecular complexity index is 382.